The molecule has 2 unspecified atom stereocenters. The molecule has 0 radical (unpaired) electrons. The minimum atomic E-state index is -0.357. The highest BCUT2D eigenvalue weighted by Gasteiger charge is 2.19. The van der Waals surface area contributed by atoms with E-state index < -0.39 is 0 Å². The van der Waals surface area contributed by atoms with Crippen molar-refractivity contribution in [3.8, 4) is 0 Å². The molecule has 1 N–H and O–H groups in total. The maximum Gasteiger partial charge on any atom is 0.141 e. The van der Waals surface area contributed by atoms with E-state index in [-0.39, 0.29) is 10.8 Å². The summed E-state index contributed by atoms with van der Waals surface area (Å²) in [4.78, 5) is 2.26. The lowest BCUT2D eigenvalue weighted by molar-refractivity contribution is 0.525. The Kier molecular flexibility index (Phi) is 3.89. The number of nitrogens with one attached hydrogen (secondary N) is 1. The Morgan fingerprint density at radius 2 is 2.12 bits per heavy atom. The van der Waals surface area contributed by atoms with E-state index in [1.165, 1.54) is 6.07 Å². The van der Waals surface area contributed by atoms with Gasteiger partial charge in [0.1, 0.15) is 5.82 Å². The van der Waals surface area contributed by atoms with Gasteiger partial charge in [0.25, 0.3) is 0 Å². The molecule has 0 amide bonds. The van der Waals surface area contributed by atoms with E-state index in [1.54, 1.807) is 12.1 Å². The van der Waals surface area contributed by atoms with Crippen LogP contribution in [0.25, 0.3) is 0 Å². The largest absolute Gasteiger partial charge is 0.370 e. The molecular weight excluding hydrogens is 239 g/mol. The summed E-state index contributed by atoms with van der Waals surface area (Å²) in [5.74, 6) is 0.216. The highest BCUT2D eigenvalue weighted by Crippen LogP contribution is 2.24. The number of anilines is 1. The van der Waals surface area contributed by atoms with Crippen molar-refractivity contribution in [3.05, 3.63) is 29.0 Å². The third kappa shape index (κ3) is 3.11. The first-order valence-electron chi connectivity index (χ1n) is 5.99. The lowest BCUT2D eigenvalue weighted by atomic mass is 10.1. The molecule has 4 heteroatoms. The number of halogens is 2. The fourth-order valence-electron chi connectivity index (χ4n) is 2.21. The first kappa shape index (κ1) is 12.7. The summed E-state index contributed by atoms with van der Waals surface area (Å²) in [5, 5.41) is 3.67. The molecule has 17 heavy (non-hydrogen) atoms. The average molecular weight is 257 g/mol. The van der Waals surface area contributed by atoms with Gasteiger partial charge in [0.15, 0.2) is 0 Å². The van der Waals surface area contributed by atoms with Crippen molar-refractivity contribution in [1.82, 2.24) is 5.32 Å². The summed E-state index contributed by atoms with van der Waals surface area (Å²) in [6, 6.07) is 5.38. The number of hydrogen-bond donors (Lipinski definition) is 1. The van der Waals surface area contributed by atoms with Crippen LogP contribution in [0, 0.1) is 11.7 Å². The highest BCUT2D eigenvalue weighted by molar-refractivity contribution is 6.31. The highest BCUT2D eigenvalue weighted by atomic mass is 35.5. The van der Waals surface area contributed by atoms with E-state index in [9.17, 15) is 4.39 Å². The number of nitrogens with zero attached hydrogens (tertiary/aromatic N) is 1. The van der Waals surface area contributed by atoms with Crippen molar-refractivity contribution in [2.45, 2.75) is 19.9 Å². The SMILES string of the molecule is CC1CNC(C)CN(c2ccc(F)c(Cl)c2)C1. The van der Waals surface area contributed by atoms with Gasteiger partial charge in [-0.15, -0.1) is 0 Å². The van der Waals surface area contributed by atoms with E-state index in [1.807, 2.05) is 0 Å². The van der Waals surface area contributed by atoms with Crippen LogP contribution < -0.4 is 10.2 Å². The maximum absolute atomic E-state index is 13.1. The van der Waals surface area contributed by atoms with Gasteiger partial charge in [-0.2, -0.15) is 0 Å². The van der Waals surface area contributed by atoms with Gasteiger partial charge in [-0.3, -0.25) is 0 Å². The number of benzene rings is 1. The van der Waals surface area contributed by atoms with Crippen LogP contribution in [0.15, 0.2) is 18.2 Å². The molecule has 1 saturated heterocycles. The van der Waals surface area contributed by atoms with Gasteiger partial charge in [-0.05, 0) is 37.6 Å². The van der Waals surface area contributed by atoms with Gasteiger partial charge in [-0.25, -0.2) is 4.39 Å². The van der Waals surface area contributed by atoms with Crippen molar-refractivity contribution >= 4 is 17.3 Å². The summed E-state index contributed by atoms with van der Waals surface area (Å²) in [6.45, 7) is 7.29. The molecule has 1 aromatic rings. The van der Waals surface area contributed by atoms with Crippen LogP contribution in [0.2, 0.25) is 5.02 Å². The first-order valence-corrected chi connectivity index (χ1v) is 6.37. The fraction of sp³-hybridized carbons (Fsp3) is 0.538. The molecule has 2 nitrogen and oxygen atoms in total. The lowest BCUT2D eigenvalue weighted by Gasteiger charge is -2.26. The predicted octanol–water partition coefficient (Wildman–Crippen LogP) is 2.91. The molecule has 0 aliphatic carbocycles. The first-order chi connectivity index (χ1) is 8.06. The smallest absolute Gasteiger partial charge is 0.141 e. The summed E-state index contributed by atoms with van der Waals surface area (Å²) in [5.41, 5.74) is 0.999. The van der Waals surface area contributed by atoms with E-state index in [0.717, 1.165) is 25.3 Å². The summed E-state index contributed by atoms with van der Waals surface area (Å²) >= 11 is 5.83. The zero-order valence-electron chi connectivity index (χ0n) is 10.2. The molecule has 1 fully saturated rings. The zero-order valence-corrected chi connectivity index (χ0v) is 11.0. The fourth-order valence-corrected chi connectivity index (χ4v) is 2.38. The van der Waals surface area contributed by atoms with Crippen molar-refractivity contribution in [3.63, 3.8) is 0 Å². The lowest BCUT2D eigenvalue weighted by Crippen LogP contribution is -2.35. The van der Waals surface area contributed by atoms with Gasteiger partial charge in [-0.1, -0.05) is 18.5 Å². The Bertz CT molecular complexity index is 385. The average Bonchev–Trinajstić information content (AvgIpc) is 2.45. The second kappa shape index (κ2) is 5.23. The molecule has 1 aromatic carbocycles. The van der Waals surface area contributed by atoms with E-state index in [2.05, 4.69) is 24.1 Å². The Labute approximate surface area is 107 Å². The van der Waals surface area contributed by atoms with Gasteiger partial charge < -0.3 is 10.2 Å². The molecule has 0 saturated carbocycles. The predicted molar refractivity (Wildman–Crippen MR) is 70.3 cm³/mol. The molecule has 2 atom stereocenters. The van der Waals surface area contributed by atoms with Gasteiger partial charge in [0.2, 0.25) is 0 Å². The Hall–Kier alpha value is -0.800. The van der Waals surface area contributed by atoms with Crippen molar-refractivity contribution in [1.29, 1.82) is 0 Å². The maximum atomic E-state index is 13.1. The quantitative estimate of drug-likeness (QED) is 0.831. The normalized spacial score (nSPS) is 25.8. The molecule has 1 aliphatic heterocycles. The number of rotatable bonds is 1. The third-order valence-electron chi connectivity index (χ3n) is 3.11. The molecule has 0 aromatic heterocycles. The second-order valence-electron chi connectivity index (χ2n) is 4.92. The van der Waals surface area contributed by atoms with E-state index in [4.69, 9.17) is 11.6 Å². The zero-order chi connectivity index (χ0) is 12.4. The van der Waals surface area contributed by atoms with Gasteiger partial charge in [0.05, 0.1) is 5.02 Å². The number of hydrogen-bond acceptors (Lipinski definition) is 2. The minimum absolute atomic E-state index is 0.194. The molecule has 0 spiro atoms. The van der Waals surface area contributed by atoms with Gasteiger partial charge in [0, 0.05) is 24.8 Å². The standard InChI is InChI=1S/C13H18ClFN2/c1-9-6-16-10(2)8-17(7-9)11-3-4-13(15)12(14)5-11/h3-5,9-10,16H,6-8H2,1-2H3. The van der Waals surface area contributed by atoms with Crippen molar-refractivity contribution in [2.75, 3.05) is 24.5 Å². The van der Waals surface area contributed by atoms with Crippen LogP contribution in [-0.2, 0) is 0 Å². The van der Waals surface area contributed by atoms with E-state index in [0.29, 0.717) is 12.0 Å². The Morgan fingerprint density at radius 3 is 2.82 bits per heavy atom. The van der Waals surface area contributed by atoms with Crippen LogP contribution in [0.3, 0.4) is 0 Å². The molecular formula is C13H18ClFN2. The molecule has 2 rings (SSSR count). The Morgan fingerprint density at radius 1 is 1.35 bits per heavy atom. The summed E-state index contributed by atoms with van der Waals surface area (Å²) < 4.78 is 13.1. The molecule has 1 heterocycles. The minimum Gasteiger partial charge on any atom is -0.370 e. The Balaban J connectivity index is 2.21. The van der Waals surface area contributed by atoms with Crippen molar-refractivity contribution in [2.24, 2.45) is 5.92 Å². The summed E-state index contributed by atoms with van der Waals surface area (Å²) in [7, 11) is 0. The molecule has 1 aliphatic rings. The summed E-state index contributed by atoms with van der Waals surface area (Å²) in [6.07, 6.45) is 0. The topological polar surface area (TPSA) is 15.3 Å². The van der Waals surface area contributed by atoms with Gasteiger partial charge >= 0.3 is 0 Å². The van der Waals surface area contributed by atoms with E-state index >= 15 is 0 Å². The molecule has 94 valence electrons. The van der Waals surface area contributed by atoms with Crippen LogP contribution in [0.4, 0.5) is 10.1 Å². The van der Waals surface area contributed by atoms with Crippen LogP contribution in [0.1, 0.15) is 13.8 Å². The molecule has 0 bridgehead atoms. The van der Waals surface area contributed by atoms with Crippen LogP contribution in [-0.4, -0.2) is 25.7 Å². The van der Waals surface area contributed by atoms with Crippen LogP contribution >= 0.6 is 11.6 Å². The monoisotopic (exact) mass is 256 g/mol. The third-order valence-corrected chi connectivity index (χ3v) is 3.40. The second-order valence-corrected chi connectivity index (χ2v) is 5.33. The van der Waals surface area contributed by atoms with Crippen molar-refractivity contribution < 1.29 is 4.39 Å². The van der Waals surface area contributed by atoms with Crippen LogP contribution in [0.5, 0.6) is 0 Å².